The van der Waals surface area contributed by atoms with Crippen molar-refractivity contribution in [1.29, 1.82) is 0 Å². The van der Waals surface area contributed by atoms with Gasteiger partial charge in [-0.2, -0.15) is 0 Å². The van der Waals surface area contributed by atoms with Crippen molar-refractivity contribution >= 4 is 0 Å². The number of rotatable bonds is 2. The molecule has 126 valence electrons. The number of hydrogen-bond donors (Lipinski definition) is 2. The van der Waals surface area contributed by atoms with Crippen LogP contribution in [0.2, 0.25) is 0 Å². The fourth-order valence-corrected chi connectivity index (χ4v) is 3.59. The highest BCUT2D eigenvalue weighted by atomic mass is 16.5. The van der Waals surface area contributed by atoms with Crippen molar-refractivity contribution in [1.82, 2.24) is 0 Å². The lowest BCUT2D eigenvalue weighted by Gasteiger charge is -2.34. The lowest BCUT2D eigenvalue weighted by Crippen LogP contribution is -2.25. The molecule has 0 radical (unpaired) electrons. The number of phenols is 2. The van der Waals surface area contributed by atoms with Gasteiger partial charge in [0, 0.05) is 23.5 Å². The van der Waals surface area contributed by atoms with E-state index in [1.807, 2.05) is 18.2 Å². The summed E-state index contributed by atoms with van der Waals surface area (Å²) in [5.41, 5.74) is 4.63. The average Bonchev–Trinajstić information content (AvgIpc) is 2.62. The van der Waals surface area contributed by atoms with Gasteiger partial charge in [-0.3, -0.25) is 0 Å². The van der Waals surface area contributed by atoms with Crippen molar-refractivity contribution in [3.8, 4) is 17.2 Å². The Morgan fingerprint density at radius 3 is 2.16 bits per heavy atom. The molecule has 0 aliphatic carbocycles. The fraction of sp³-hybridized carbons (Fsp3) is 0.182. The van der Waals surface area contributed by atoms with Gasteiger partial charge in [0.1, 0.15) is 17.2 Å². The van der Waals surface area contributed by atoms with Gasteiger partial charge in [-0.25, -0.2) is 0 Å². The van der Waals surface area contributed by atoms with E-state index >= 15 is 0 Å². The van der Waals surface area contributed by atoms with E-state index in [0.717, 1.165) is 16.9 Å². The second-order valence-corrected chi connectivity index (χ2v) is 6.62. The van der Waals surface area contributed by atoms with Crippen LogP contribution in [-0.4, -0.2) is 16.8 Å². The maximum atomic E-state index is 9.78. The van der Waals surface area contributed by atoms with Gasteiger partial charge in [0.25, 0.3) is 0 Å². The monoisotopic (exact) mass is 332 g/mol. The van der Waals surface area contributed by atoms with Crippen LogP contribution in [0.5, 0.6) is 17.2 Å². The zero-order valence-electron chi connectivity index (χ0n) is 14.0. The first kappa shape index (κ1) is 15.6. The van der Waals surface area contributed by atoms with E-state index in [0.29, 0.717) is 6.61 Å². The van der Waals surface area contributed by atoms with Crippen LogP contribution in [0.15, 0.2) is 66.7 Å². The predicted octanol–water partition coefficient (Wildman–Crippen LogP) is 4.71. The molecule has 1 aliphatic heterocycles. The number of ether oxygens (including phenoxy) is 1. The third-order valence-electron chi connectivity index (χ3n) is 4.91. The van der Waals surface area contributed by atoms with Crippen molar-refractivity contribution in [2.75, 3.05) is 6.61 Å². The van der Waals surface area contributed by atoms with Crippen LogP contribution in [-0.2, 0) is 0 Å². The molecule has 0 saturated carbocycles. The summed E-state index contributed by atoms with van der Waals surface area (Å²) in [6.07, 6.45) is 0. The minimum Gasteiger partial charge on any atom is -0.508 e. The van der Waals surface area contributed by atoms with Gasteiger partial charge < -0.3 is 14.9 Å². The standard InChI is InChI=1S/C22H20O3/c1-14-2-4-15(5-3-14)20-13-25-21-12-18(24)10-11-19(21)22(20)16-6-8-17(23)9-7-16/h2-12,20,22-24H,13H2,1H3. The van der Waals surface area contributed by atoms with Crippen LogP contribution in [0, 0.1) is 6.92 Å². The normalized spacial score (nSPS) is 19.1. The molecule has 3 heteroatoms. The van der Waals surface area contributed by atoms with Crippen LogP contribution < -0.4 is 4.74 Å². The molecule has 3 nitrogen and oxygen atoms in total. The highest BCUT2D eigenvalue weighted by Crippen LogP contribution is 2.47. The minimum absolute atomic E-state index is 0.104. The van der Waals surface area contributed by atoms with Crippen LogP contribution in [0.4, 0.5) is 0 Å². The summed E-state index contributed by atoms with van der Waals surface area (Å²) in [5.74, 6) is 1.46. The number of aromatic hydroxyl groups is 2. The summed E-state index contributed by atoms with van der Waals surface area (Å²) in [7, 11) is 0. The van der Waals surface area contributed by atoms with Crippen molar-refractivity contribution < 1.29 is 14.9 Å². The highest BCUT2D eigenvalue weighted by Gasteiger charge is 2.33. The summed E-state index contributed by atoms with van der Waals surface area (Å²) in [6.45, 7) is 2.63. The van der Waals surface area contributed by atoms with Crippen molar-refractivity contribution in [2.45, 2.75) is 18.8 Å². The first-order chi connectivity index (χ1) is 12.1. The molecule has 2 N–H and O–H groups in total. The van der Waals surface area contributed by atoms with E-state index in [4.69, 9.17) is 4.74 Å². The summed E-state index contributed by atoms with van der Waals surface area (Å²) in [6, 6.07) is 21.2. The number of phenolic OH excluding ortho intramolecular Hbond substituents is 2. The molecular weight excluding hydrogens is 312 g/mol. The zero-order valence-corrected chi connectivity index (χ0v) is 14.0. The second-order valence-electron chi connectivity index (χ2n) is 6.62. The smallest absolute Gasteiger partial charge is 0.126 e. The molecule has 3 aromatic carbocycles. The van der Waals surface area contributed by atoms with Crippen molar-refractivity contribution in [2.24, 2.45) is 0 Å². The van der Waals surface area contributed by atoms with E-state index in [2.05, 4.69) is 31.2 Å². The van der Waals surface area contributed by atoms with Gasteiger partial charge >= 0.3 is 0 Å². The van der Waals surface area contributed by atoms with Crippen LogP contribution in [0.25, 0.3) is 0 Å². The van der Waals surface area contributed by atoms with Crippen LogP contribution in [0.1, 0.15) is 34.1 Å². The minimum atomic E-state index is 0.104. The summed E-state index contributed by atoms with van der Waals surface area (Å²) < 4.78 is 5.97. The molecular formula is C22H20O3. The molecule has 0 aromatic heterocycles. The van der Waals surface area contributed by atoms with Crippen LogP contribution >= 0.6 is 0 Å². The van der Waals surface area contributed by atoms with Gasteiger partial charge in [0.05, 0.1) is 6.61 Å². The number of benzene rings is 3. The van der Waals surface area contributed by atoms with Gasteiger partial charge in [-0.15, -0.1) is 0 Å². The molecule has 2 atom stereocenters. The SMILES string of the molecule is Cc1ccc(C2COc3cc(O)ccc3C2c2ccc(O)cc2)cc1. The molecule has 4 rings (SSSR count). The lowest BCUT2D eigenvalue weighted by atomic mass is 9.76. The number of fused-ring (bicyclic) bond motifs is 1. The molecule has 0 fully saturated rings. The average molecular weight is 332 g/mol. The summed E-state index contributed by atoms with van der Waals surface area (Å²) in [5, 5.41) is 19.4. The summed E-state index contributed by atoms with van der Waals surface area (Å²) in [4.78, 5) is 0. The third kappa shape index (κ3) is 2.93. The highest BCUT2D eigenvalue weighted by molar-refractivity contribution is 5.50. The Labute approximate surface area is 147 Å². The van der Waals surface area contributed by atoms with Gasteiger partial charge in [0.15, 0.2) is 0 Å². The molecule has 25 heavy (non-hydrogen) atoms. The van der Waals surface area contributed by atoms with E-state index < -0.39 is 0 Å². The Kier molecular flexibility index (Phi) is 3.85. The summed E-state index contributed by atoms with van der Waals surface area (Å²) >= 11 is 0. The first-order valence-corrected chi connectivity index (χ1v) is 8.43. The van der Waals surface area contributed by atoms with Gasteiger partial charge in [0.2, 0.25) is 0 Å². The number of aryl methyl sites for hydroxylation is 1. The molecule has 0 spiro atoms. The van der Waals surface area contributed by atoms with E-state index in [-0.39, 0.29) is 23.3 Å². The molecule has 1 heterocycles. The molecule has 0 bridgehead atoms. The Morgan fingerprint density at radius 1 is 0.800 bits per heavy atom. The number of hydrogen-bond acceptors (Lipinski definition) is 3. The Morgan fingerprint density at radius 2 is 1.44 bits per heavy atom. The zero-order chi connectivity index (χ0) is 17.4. The van der Waals surface area contributed by atoms with Gasteiger partial charge in [-0.05, 0) is 36.2 Å². The third-order valence-corrected chi connectivity index (χ3v) is 4.91. The Bertz CT molecular complexity index is 882. The Balaban J connectivity index is 1.84. The molecule has 1 aliphatic rings. The van der Waals surface area contributed by atoms with Gasteiger partial charge in [-0.1, -0.05) is 48.0 Å². The first-order valence-electron chi connectivity index (χ1n) is 8.43. The quantitative estimate of drug-likeness (QED) is 0.714. The van der Waals surface area contributed by atoms with Crippen molar-refractivity contribution in [3.05, 3.63) is 89.0 Å². The second kappa shape index (κ2) is 6.17. The maximum absolute atomic E-state index is 9.78. The predicted molar refractivity (Wildman–Crippen MR) is 97.5 cm³/mol. The van der Waals surface area contributed by atoms with E-state index in [1.54, 1.807) is 24.3 Å². The molecule has 3 aromatic rings. The topological polar surface area (TPSA) is 49.7 Å². The molecule has 0 amide bonds. The maximum Gasteiger partial charge on any atom is 0.126 e. The Hall–Kier alpha value is -2.94. The largest absolute Gasteiger partial charge is 0.508 e. The molecule has 0 saturated heterocycles. The van der Waals surface area contributed by atoms with Crippen molar-refractivity contribution in [3.63, 3.8) is 0 Å². The fourth-order valence-electron chi connectivity index (χ4n) is 3.59. The van der Waals surface area contributed by atoms with Crippen LogP contribution in [0.3, 0.4) is 0 Å². The molecule has 2 unspecified atom stereocenters. The van der Waals surface area contributed by atoms with E-state index in [9.17, 15) is 10.2 Å². The van der Waals surface area contributed by atoms with E-state index in [1.165, 1.54) is 11.1 Å². The lowest BCUT2D eigenvalue weighted by molar-refractivity contribution is 0.247.